The standard InChI is InChI=1S/C18H24N2O3/c21-17(19-10-4-5-11-19)16-8-12-20(13-9-16)18(22)23-14-15-6-2-1-3-7-15/h1-3,6-7,16H,4-5,8-14H2. The molecule has 2 aliphatic rings. The summed E-state index contributed by atoms with van der Waals surface area (Å²) in [6.45, 7) is 3.32. The third kappa shape index (κ3) is 4.03. The van der Waals surface area contributed by atoms with E-state index in [9.17, 15) is 9.59 Å². The fourth-order valence-corrected chi connectivity index (χ4v) is 3.32. The van der Waals surface area contributed by atoms with E-state index in [4.69, 9.17) is 4.74 Å². The Morgan fingerprint density at radius 3 is 2.26 bits per heavy atom. The van der Waals surface area contributed by atoms with Crippen LogP contribution in [0.25, 0.3) is 0 Å². The van der Waals surface area contributed by atoms with Gasteiger partial charge in [0, 0.05) is 32.1 Å². The first-order valence-corrected chi connectivity index (χ1v) is 8.48. The molecule has 5 nitrogen and oxygen atoms in total. The van der Waals surface area contributed by atoms with Crippen LogP contribution in [0.1, 0.15) is 31.2 Å². The van der Waals surface area contributed by atoms with Gasteiger partial charge in [0.1, 0.15) is 6.61 Å². The molecule has 2 heterocycles. The summed E-state index contributed by atoms with van der Waals surface area (Å²) in [6, 6.07) is 9.67. The van der Waals surface area contributed by atoms with E-state index in [2.05, 4.69) is 0 Å². The first kappa shape index (κ1) is 15.8. The van der Waals surface area contributed by atoms with Gasteiger partial charge >= 0.3 is 6.09 Å². The molecule has 0 spiro atoms. The number of likely N-dealkylation sites (tertiary alicyclic amines) is 2. The van der Waals surface area contributed by atoms with Crippen LogP contribution < -0.4 is 0 Å². The van der Waals surface area contributed by atoms with Gasteiger partial charge in [-0.2, -0.15) is 0 Å². The van der Waals surface area contributed by atoms with Crippen molar-refractivity contribution in [2.75, 3.05) is 26.2 Å². The summed E-state index contributed by atoms with van der Waals surface area (Å²) in [7, 11) is 0. The summed E-state index contributed by atoms with van der Waals surface area (Å²) in [6.07, 6.45) is 3.46. The monoisotopic (exact) mass is 316 g/mol. The second kappa shape index (κ2) is 7.49. The van der Waals surface area contributed by atoms with Gasteiger partial charge in [-0.15, -0.1) is 0 Å². The number of ether oxygens (including phenoxy) is 1. The van der Waals surface area contributed by atoms with Crippen LogP contribution >= 0.6 is 0 Å². The second-order valence-corrected chi connectivity index (χ2v) is 6.33. The molecular weight excluding hydrogens is 292 g/mol. The van der Waals surface area contributed by atoms with Gasteiger partial charge in [-0.3, -0.25) is 4.79 Å². The Balaban J connectivity index is 1.43. The Kier molecular flexibility index (Phi) is 5.16. The Morgan fingerprint density at radius 2 is 1.61 bits per heavy atom. The van der Waals surface area contributed by atoms with E-state index in [1.165, 1.54) is 0 Å². The fourth-order valence-electron chi connectivity index (χ4n) is 3.32. The van der Waals surface area contributed by atoms with Crippen molar-refractivity contribution in [1.29, 1.82) is 0 Å². The van der Waals surface area contributed by atoms with E-state index >= 15 is 0 Å². The van der Waals surface area contributed by atoms with Gasteiger partial charge in [0.15, 0.2) is 0 Å². The highest BCUT2D eigenvalue weighted by Crippen LogP contribution is 2.22. The van der Waals surface area contributed by atoms with Crippen molar-refractivity contribution < 1.29 is 14.3 Å². The predicted molar refractivity (Wildman–Crippen MR) is 86.7 cm³/mol. The molecule has 2 aliphatic heterocycles. The lowest BCUT2D eigenvalue weighted by Crippen LogP contribution is -2.43. The van der Waals surface area contributed by atoms with Crippen molar-refractivity contribution in [1.82, 2.24) is 9.80 Å². The number of piperidine rings is 1. The maximum atomic E-state index is 12.4. The summed E-state index contributed by atoms with van der Waals surface area (Å²) in [5.41, 5.74) is 0.986. The summed E-state index contributed by atoms with van der Waals surface area (Å²) < 4.78 is 5.35. The van der Waals surface area contributed by atoms with Gasteiger partial charge in [0.25, 0.3) is 0 Å². The molecule has 2 amide bonds. The lowest BCUT2D eigenvalue weighted by Gasteiger charge is -2.32. The maximum Gasteiger partial charge on any atom is 0.410 e. The zero-order valence-corrected chi connectivity index (χ0v) is 13.4. The fraction of sp³-hybridized carbons (Fsp3) is 0.556. The maximum absolute atomic E-state index is 12.4. The molecule has 3 rings (SSSR count). The molecule has 0 unspecified atom stereocenters. The molecule has 0 aromatic heterocycles. The molecule has 5 heteroatoms. The molecule has 1 aromatic rings. The van der Waals surface area contributed by atoms with Crippen LogP contribution in [0.15, 0.2) is 30.3 Å². The summed E-state index contributed by atoms with van der Waals surface area (Å²) >= 11 is 0. The first-order valence-electron chi connectivity index (χ1n) is 8.48. The quantitative estimate of drug-likeness (QED) is 0.861. The Hall–Kier alpha value is -2.04. The number of hydrogen-bond acceptors (Lipinski definition) is 3. The second-order valence-electron chi connectivity index (χ2n) is 6.33. The van der Waals surface area contributed by atoms with Crippen molar-refractivity contribution in [2.45, 2.75) is 32.3 Å². The highest BCUT2D eigenvalue weighted by Gasteiger charge is 2.31. The number of benzene rings is 1. The summed E-state index contributed by atoms with van der Waals surface area (Å²) in [5, 5.41) is 0. The van der Waals surface area contributed by atoms with E-state index in [1.807, 2.05) is 35.2 Å². The summed E-state index contributed by atoms with van der Waals surface area (Å²) in [5.74, 6) is 0.353. The van der Waals surface area contributed by atoms with Gasteiger partial charge in [0.2, 0.25) is 5.91 Å². The molecule has 23 heavy (non-hydrogen) atoms. The average Bonchev–Trinajstić information content (AvgIpc) is 3.15. The van der Waals surface area contributed by atoms with Crippen LogP contribution in [-0.2, 0) is 16.1 Å². The molecule has 0 saturated carbocycles. The van der Waals surface area contributed by atoms with E-state index in [-0.39, 0.29) is 17.9 Å². The van der Waals surface area contributed by atoms with Crippen molar-refractivity contribution in [3.63, 3.8) is 0 Å². The molecule has 2 fully saturated rings. The number of amides is 2. The Morgan fingerprint density at radius 1 is 0.957 bits per heavy atom. The van der Waals surface area contributed by atoms with Crippen LogP contribution in [0.3, 0.4) is 0 Å². The van der Waals surface area contributed by atoms with E-state index < -0.39 is 0 Å². The number of carbonyl (C=O) groups is 2. The molecule has 2 saturated heterocycles. The van der Waals surface area contributed by atoms with Crippen molar-refractivity contribution in [3.05, 3.63) is 35.9 Å². The first-order chi connectivity index (χ1) is 11.2. The predicted octanol–water partition coefficient (Wildman–Crippen LogP) is 2.66. The van der Waals surface area contributed by atoms with Gasteiger partial charge < -0.3 is 14.5 Å². The highest BCUT2D eigenvalue weighted by molar-refractivity contribution is 5.79. The minimum atomic E-state index is -0.277. The molecule has 124 valence electrons. The third-order valence-corrected chi connectivity index (χ3v) is 4.73. The molecule has 0 atom stereocenters. The van der Waals surface area contributed by atoms with E-state index in [0.29, 0.717) is 19.7 Å². The minimum absolute atomic E-state index is 0.0753. The van der Waals surface area contributed by atoms with Gasteiger partial charge in [0.05, 0.1) is 0 Å². The average molecular weight is 316 g/mol. The zero-order chi connectivity index (χ0) is 16.1. The highest BCUT2D eigenvalue weighted by atomic mass is 16.6. The molecular formula is C18H24N2O3. The minimum Gasteiger partial charge on any atom is -0.445 e. The SMILES string of the molecule is O=C(OCc1ccccc1)N1CCC(C(=O)N2CCCC2)CC1. The molecule has 0 bridgehead atoms. The van der Waals surface area contributed by atoms with Crippen LogP contribution in [0.2, 0.25) is 0 Å². The van der Waals surface area contributed by atoms with Crippen LogP contribution in [0, 0.1) is 5.92 Å². The molecule has 1 aromatic carbocycles. The Labute approximate surface area is 137 Å². The number of hydrogen-bond donors (Lipinski definition) is 0. The van der Waals surface area contributed by atoms with E-state index in [0.717, 1.165) is 44.3 Å². The number of nitrogens with zero attached hydrogens (tertiary/aromatic N) is 2. The lowest BCUT2D eigenvalue weighted by atomic mass is 9.95. The van der Waals surface area contributed by atoms with Crippen molar-refractivity contribution in [3.8, 4) is 0 Å². The number of carbonyl (C=O) groups excluding carboxylic acids is 2. The Bertz CT molecular complexity index is 532. The van der Waals surface area contributed by atoms with Gasteiger partial charge in [-0.05, 0) is 31.2 Å². The number of rotatable bonds is 3. The van der Waals surface area contributed by atoms with Gasteiger partial charge in [-0.25, -0.2) is 4.79 Å². The smallest absolute Gasteiger partial charge is 0.410 e. The van der Waals surface area contributed by atoms with E-state index in [1.54, 1.807) is 4.90 Å². The van der Waals surface area contributed by atoms with Crippen molar-refractivity contribution >= 4 is 12.0 Å². The van der Waals surface area contributed by atoms with Crippen LogP contribution in [0.4, 0.5) is 4.79 Å². The largest absolute Gasteiger partial charge is 0.445 e. The lowest BCUT2D eigenvalue weighted by molar-refractivity contribution is -0.135. The topological polar surface area (TPSA) is 49.9 Å². The molecule has 0 radical (unpaired) electrons. The zero-order valence-electron chi connectivity index (χ0n) is 13.4. The summed E-state index contributed by atoms with van der Waals surface area (Å²) in [4.78, 5) is 28.2. The normalized spacial score (nSPS) is 19.0. The molecule has 0 N–H and O–H groups in total. The van der Waals surface area contributed by atoms with Crippen LogP contribution in [-0.4, -0.2) is 48.0 Å². The van der Waals surface area contributed by atoms with Crippen LogP contribution in [0.5, 0.6) is 0 Å². The molecule has 0 aliphatic carbocycles. The van der Waals surface area contributed by atoms with Gasteiger partial charge in [-0.1, -0.05) is 30.3 Å². The van der Waals surface area contributed by atoms with Crippen molar-refractivity contribution in [2.24, 2.45) is 5.92 Å². The third-order valence-electron chi connectivity index (χ3n) is 4.73.